The summed E-state index contributed by atoms with van der Waals surface area (Å²) in [5.74, 6) is -0.564. The van der Waals surface area contributed by atoms with Crippen molar-refractivity contribution in [1.82, 2.24) is 4.98 Å². The van der Waals surface area contributed by atoms with Crippen LogP contribution >= 0.6 is 0 Å². The number of hydrogen-bond donors (Lipinski definition) is 2. The third-order valence-electron chi connectivity index (χ3n) is 3.99. The molecule has 2 unspecified atom stereocenters. The number of rotatable bonds is 4. The molecule has 2 aromatic rings. The molecule has 0 radical (unpaired) electrons. The molecule has 1 aromatic carbocycles. The summed E-state index contributed by atoms with van der Waals surface area (Å²) in [6.45, 7) is 3.66. The van der Waals surface area contributed by atoms with Crippen molar-refractivity contribution in [2.45, 2.75) is 19.4 Å². The van der Waals surface area contributed by atoms with E-state index in [1.54, 1.807) is 6.07 Å². The number of aromatic carboxylic acids is 1. The van der Waals surface area contributed by atoms with Crippen LogP contribution in [-0.4, -0.2) is 35.3 Å². The van der Waals surface area contributed by atoms with Crippen molar-refractivity contribution >= 4 is 22.6 Å². The molecule has 0 saturated carbocycles. The van der Waals surface area contributed by atoms with Crippen molar-refractivity contribution in [2.24, 2.45) is 5.92 Å². The number of nitrogens with zero attached hydrogens (tertiary/aromatic N) is 1. The number of aromatic nitrogens is 1. The monoisotopic (exact) mass is 286 g/mol. The Kier molecular flexibility index (Phi) is 3.75. The first-order chi connectivity index (χ1) is 10.1. The molecule has 0 bridgehead atoms. The average molecular weight is 286 g/mol. The number of benzene rings is 1. The maximum atomic E-state index is 11.2. The van der Waals surface area contributed by atoms with Gasteiger partial charge in [-0.25, -0.2) is 9.78 Å². The minimum Gasteiger partial charge on any atom is -0.477 e. The standard InChI is InChI=1S/C16H18N2O3/c1-10(11-6-7-21-9-11)17-14-8-15(16(19)20)18-13-5-3-2-4-12(13)14/h2-5,8,10-11H,6-7,9H2,1H3,(H,17,18)(H,19,20). The van der Waals surface area contributed by atoms with Crippen LogP contribution in [0.2, 0.25) is 0 Å². The number of carbonyl (C=O) groups is 1. The topological polar surface area (TPSA) is 71.5 Å². The first kappa shape index (κ1) is 13.8. The van der Waals surface area contributed by atoms with E-state index in [0.29, 0.717) is 11.4 Å². The third kappa shape index (κ3) is 2.83. The number of ether oxygens (including phenoxy) is 1. The van der Waals surface area contributed by atoms with Crippen molar-refractivity contribution in [3.05, 3.63) is 36.0 Å². The summed E-state index contributed by atoms with van der Waals surface area (Å²) in [6, 6.07) is 9.40. The molecule has 0 aliphatic carbocycles. The predicted octanol–water partition coefficient (Wildman–Crippen LogP) is 2.77. The van der Waals surface area contributed by atoms with E-state index in [1.165, 1.54) is 0 Å². The van der Waals surface area contributed by atoms with E-state index in [4.69, 9.17) is 4.74 Å². The molecule has 5 nitrogen and oxygen atoms in total. The number of fused-ring (bicyclic) bond motifs is 1. The lowest BCUT2D eigenvalue weighted by Gasteiger charge is -2.21. The van der Waals surface area contributed by atoms with Crippen molar-refractivity contribution < 1.29 is 14.6 Å². The van der Waals surface area contributed by atoms with Crippen LogP contribution in [0.25, 0.3) is 10.9 Å². The van der Waals surface area contributed by atoms with E-state index in [2.05, 4.69) is 17.2 Å². The summed E-state index contributed by atoms with van der Waals surface area (Å²) in [6.07, 6.45) is 1.03. The zero-order valence-electron chi connectivity index (χ0n) is 11.9. The van der Waals surface area contributed by atoms with Crippen LogP contribution in [0.3, 0.4) is 0 Å². The SMILES string of the molecule is CC(Nc1cc(C(=O)O)nc2ccccc12)C1CCOC1. The molecular formula is C16H18N2O3. The normalized spacial score (nSPS) is 19.6. The van der Waals surface area contributed by atoms with Gasteiger partial charge >= 0.3 is 5.97 Å². The molecular weight excluding hydrogens is 268 g/mol. The van der Waals surface area contributed by atoms with Gasteiger partial charge in [0.25, 0.3) is 0 Å². The number of hydrogen-bond acceptors (Lipinski definition) is 4. The van der Waals surface area contributed by atoms with Crippen molar-refractivity contribution in [1.29, 1.82) is 0 Å². The van der Waals surface area contributed by atoms with Gasteiger partial charge in [-0.1, -0.05) is 18.2 Å². The third-order valence-corrected chi connectivity index (χ3v) is 3.99. The average Bonchev–Trinajstić information content (AvgIpc) is 3.01. The van der Waals surface area contributed by atoms with Crippen LogP contribution in [-0.2, 0) is 4.74 Å². The lowest BCUT2D eigenvalue weighted by molar-refractivity contribution is 0.0691. The summed E-state index contributed by atoms with van der Waals surface area (Å²) in [4.78, 5) is 15.4. The number of para-hydroxylation sites is 1. The quantitative estimate of drug-likeness (QED) is 0.904. The van der Waals surface area contributed by atoms with Crippen molar-refractivity contribution in [2.75, 3.05) is 18.5 Å². The van der Waals surface area contributed by atoms with Gasteiger partial charge in [-0.05, 0) is 25.5 Å². The summed E-state index contributed by atoms with van der Waals surface area (Å²) in [5.41, 5.74) is 1.57. The Balaban J connectivity index is 1.97. The Morgan fingerprint density at radius 1 is 1.48 bits per heavy atom. The summed E-state index contributed by atoms with van der Waals surface area (Å²) >= 11 is 0. The lowest BCUT2D eigenvalue weighted by Crippen LogP contribution is -2.26. The fourth-order valence-corrected chi connectivity index (χ4v) is 2.71. The van der Waals surface area contributed by atoms with E-state index in [9.17, 15) is 9.90 Å². The highest BCUT2D eigenvalue weighted by Gasteiger charge is 2.23. The minimum absolute atomic E-state index is 0.0612. The van der Waals surface area contributed by atoms with Crippen molar-refractivity contribution in [3.63, 3.8) is 0 Å². The Hall–Kier alpha value is -2.14. The molecule has 1 aliphatic heterocycles. The van der Waals surface area contributed by atoms with E-state index < -0.39 is 5.97 Å². The van der Waals surface area contributed by atoms with E-state index in [-0.39, 0.29) is 11.7 Å². The van der Waals surface area contributed by atoms with Crippen LogP contribution < -0.4 is 5.32 Å². The zero-order chi connectivity index (χ0) is 14.8. The molecule has 1 saturated heterocycles. The summed E-state index contributed by atoms with van der Waals surface area (Å²) in [5, 5.41) is 13.6. The molecule has 2 atom stereocenters. The molecule has 2 heterocycles. The highest BCUT2D eigenvalue weighted by atomic mass is 16.5. The van der Waals surface area contributed by atoms with E-state index >= 15 is 0 Å². The Bertz CT molecular complexity index is 666. The molecule has 1 aliphatic rings. The van der Waals surface area contributed by atoms with Gasteiger partial charge in [0.1, 0.15) is 0 Å². The fraction of sp³-hybridized carbons (Fsp3) is 0.375. The van der Waals surface area contributed by atoms with Gasteiger partial charge in [0.2, 0.25) is 0 Å². The smallest absolute Gasteiger partial charge is 0.354 e. The Labute approximate surface area is 123 Å². The second-order valence-electron chi connectivity index (χ2n) is 5.43. The highest BCUT2D eigenvalue weighted by Crippen LogP contribution is 2.26. The van der Waals surface area contributed by atoms with Gasteiger partial charge < -0.3 is 15.2 Å². The molecule has 3 rings (SSSR count). The second kappa shape index (κ2) is 5.69. The molecule has 0 spiro atoms. The number of nitrogens with one attached hydrogen (secondary N) is 1. The predicted molar refractivity (Wildman–Crippen MR) is 80.7 cm³/mol. The number of carboxylic acid groups (broad SMARTS) is 1. The number of carboxylic acids is 1. The zero-order valence-corrected chi connectivity index (χ0v) is 11.9. The van der Waals surface area contributed by atoms with Crippen molar-refractivity contribution in [3.8, 4) is 0 Å². The van der Waals surface area contributed by atoms with Crippen LogP contribution in [0, 0.1) is 5.92 Å². The Morgan fingerprint density at radius 3 is 3.00 bits per heavy atom. The Morgan fingerprint density at radius 2 is 2.29 bits per heavy atom. The molecule has 5 heteroatoms. The van der Waals surface area contributed by atoms with Gasteiger partial charge in [0.05, 0.1) is 12.1 Å². The van der Waals surface area contributed by atoms with Crippen LogP contribution in [0.15, 0.2) is 30.3 Å². The minimum atomic E-state index is -1.01. The van der Waals surface area contributed by atoms with Gasteiger partial charge in [-0.15, -0.1) is 0 Å². The molecule has 2 N–H and O–H groups in total. The molecule has 110 valence electrons. The van der Waals surface area contributed by atoms with Gasteiger partial charge in [0.15, 0.2) is 5.69 Å². The van der Waals surface area contributed by atoms with Gasteiger partial charge in [0, 0.05) is 29.6 Å². The summed E-state index contributed by atoms with van der Waals surface area (Å²) < 4.78 is 5.42. The highest BCUT2D eigenvalue weighted by molar-refractivity contribution is 5.97. The fourth-order valence-electron chi connectivity index (χ4n) is 2.71. The van der Waals surface area contributed by atoms with Gasteiger partial charge in [-0.3, -0.25) is 0 Å². The van der Waals surface area contributed by atoms with Gasteiger partial charge in [-0.2, -0.15) is 0 Å². The second-order valence-corrected chi connectivity index (χ2v) is 5.43. The number of anilines is 1. The largest absolute Gasteiger partial charge is 0.477 e. The maximum Gasteiger partial charge on any atom is 0.354 e. The maximum absolute atomic E-state index is 11.2. The molecule has 1 aromatic heterocycles. The first-order valence-electron chi connectivity index (χ1n) is 7.12. The first-order valence-corrected chi connectivity index (χ1v) is 7.12. The molecule has 21 heavy (non-hydrogen) atoms. The lowest BCUT2D eigenvalue weighted by atomic mass is 10.00. The number of pyridine rings is 1. The molecule has 1 fully saturated rings. The van der Waals surface area contributed by atoms with E-state index in [0.717, 1.165) is 30.7 Å². The van der Waals surface area contributed by atoms with E-state index in [1.807, 2.05) is 24.3 Å². The van der Waals surface area contributed by atoms with Crippen LogP contribution in [0.5, 0.6) is 0 Å². The molecule has 0 amide bonds. The van der Waals surface area contributed by atoms with Crippen LogP contribution in [0.1, 0.15) is 23.8 Å². The summed E-state index contributed by atoms with van der Waals surface area (Å²) in [7, 11) is 0. The van der Waals surface area contributed by atoms with Crippen LogP contribution in [0.4, 0.5) is 5.69 Å².